The Balaban J connectivity index is 2.61. The summed E-state index contributed by atoms with van der Waals surface area (Å²) in [7, 11) is 0. The fraction of sp³-hybridized carbons (Fsp3) is 0.583. The van der Waals surface area contributed by atoms with E-state index in [4.69, 9.17) is 0 Å². The highest BCUT2D eigenvalue weighted by Crippen LogP contribution is 2.21. The first-order valence-electron chi connectivity index (χ1n) is 5.36. The molecular formula is C12H20N2O. The van der Waals surface area contributed by atoms with Crippen LogP contribution < -0.4 is 5.32 Å². The average Bonchev–Trinajstić information content (AvgIpc) is 2.28. The van der Waals surface area contributed by atoms with Gasteiger partial charge in [-0.25, -0.2) is 0 Å². The average molecular weight is 208 g/mol. The van der Waals surface area contributed by atoms with E-state index < -0.39 is 0 Å². The van der Waals surface area contributed by atoms with E-state index >= 15 is 0 Å². The van der Waals surface area contributed by atoms with E-state index in [9.17, 15) is 5.11 Å². The lowest BCUT2D eigenvalue weighted by atomic mass is 9.88. The Morgan fingerprint density at radius 3 is 2.80 bits per heavy atom. The summed E-state index contributed by atoms with van der Waals surface area (Å²) in [5.41, 5.74) is 2.18. The summed E-state index contributed by atoms with van der Waals surface area (Å²) >= 11 is 0. The summed E-state index contributed by atoms with van der Waals surface area (Å²) in [6, 6.07) is 1.98. The highest BCUT2D eigenvalue weighted by Gasteiger charge is 2.20. The summed E-state index contributed by atoms with van der Waals surface area (Å²) < 4.78 is 0. The number of nitrogens with zero attached hydrogens (tertiary/aromatic N) is 1. The van der Waals surface area contributed by atoms with Gasteiger partial charge in [0.15, 0.2) is 0 Å². The number of rotatable bonds is 5. The maximum absolute atomic E-state index is 9.28. The van der Waals surface area contributed by atoms with Gasteiger partial charge in [-0.05, 0) is 25.0 Å². The van der Waals surface area contributed by atoms with Gasteiger partial charge in [0.25, 0.3) is 0 Å². The minimum atomic E-state index is -0.0533. The standard InChI is InChI=1S/C12H20N2O/c1-4-12(3,9-15)8-14-11-7-13-6-5-10(11)2/h5-7,14-15H,4,8-9H2,1-3H3. The number of hydrogen-bond donors (Lipinski definition) is 2. The van der Waals surface area contributed by atoms with Gasteiger partial charge in [0.2, 0.25) is 0 Å². The molecule has 1 aromatic heterocycles. The van der Waals surface area contributed by atoms with Crippen LogP contribution in [0.25, 0.3) is 0 Å². The molecule has 84 valence electrons. The van der Waals surface area contributed by atoms with Gasteiger partial charge in [-0.3, -0.25) is 4.98 Å². The fourth-order valence-electron chi connectivity index (χ4n) is 1.25. The molecule has 1 rings (SSSR count). The van der Waals surface area contributed by atoms with Crippen molar-refractivity contribution in [2.75, 3.05) is 18.5 Å². The van der Waals surface area contributed by atoms with Crippen LogP contribution >= 0.6 is 0 Å². The van der Waals surface area contributed by atoms with Crippen LogP contribution in [0.4, 0.5) is 5.69 Å². The van der Waals surface area contributed by atoms with E-state index in [0.717, 1.165) is 18.7 Å². The van der Waals surface area contributed by atoms with Crippen molar-refractivity contribution >= 4 is 5.69 Å². The Bertz CT molecular complexity index is 308. The zero-order valence-electron chi connectivity index (χ0n) is 9.75. The predicted molar refractivity (Wildman–Crippen MR) is 62.9 cm³/mol. The van der Waals surface area contributed by atoms with Crippen molar-refractivity contribution in [3.05, 3.63) is 24.0 Å². The largest absolute Gasteiger partial charge is 0.396 e. The summed E-state index contributed by atoms with van der Waals surface area (Å²) in [4.78, 5) is 4.07. The van der Waals surface area contributed by atoms with Gasteiger partial charge in [0.1, 0.15) is 0 Å². The highest BCUT2D eigenvalue weighted by molar-refractivity contribution is 5.48. The molecule has 0 saturated heterocycles. The van der Waals surface area contributed by atoms with Gasteiger partial charge in [-0.2, -0.15) is 0 Å². The van der Waals surface area contributed by atoms with Crippen molar-refractivity contribution < 1.29 is 5.11 Å². The normalized spacial score (nSPS) is 14.7. The molecule has 3 heteroatoms. The van der Waals surface area contributed by atoms with Crippen LogP contribution in [0.5, 0.6) is 0 Å². The molecule has 1 atom stereocenters. The summed E-state index contributed by atoms with van der Waals surface area (Å²) in [5, 5.41) is 12.6. The van der Waals surface area contributed by atoms with Crippen molar-refractivity contribution in [2.45, 2.75) is 27.2 Å². The van der Waals surface area contributed by atoms with Gasteiger partial charge in [0.05, 0.1) is 18.5 Å². The van der Waals surface area contributed by atoms with Gasteiger partial charge in [-0.15, -0.1) is 0 Å². The first-order chi connectivity index (χ1) is 7.11. The summed E-state index contributed by atoms with van der Waals surface area (Å²) in [5.74, 6) is 0. The lowest BCUT2D eigenvalue weighted by Crippen LogP contribution is -2.29. The smallest absolute Gasteiger partial charge is 0.0556 e. The van der Waals surface area contributed by atoms with E-state index in [1.165, 1.54) is 5.56 Å². The van der Waals surface area contributed by atoms with E-state index in [2.05, 4.69) is 24.1 Å². The van der Waals surface area contributed by atoms with Crippen molar-refractivity contribution in [3.63, 3.8) is 0 Å². The molecule has 0 bridgehead atoms. The molecule has 1 heterocycles. The van der Waals surface area contributed by atoms with E-state index in [0.29, 0.717) is 0 Å². The number of hydrogen-bond acceptors (Lipinski definition) is 3. The molecule has 3 nitrogen and oxygen atoms in total. The molecule has 0 aliphatic heterocycles. The maximum Gasteiger partial charge on any atom is 0.0556 e. The molecule has 0 spiro atoms. The second-order valence-corrected chi connectivity index (χ2v) is 4.37. The summed E-state index contributed by atoms with van der Waals surface area (Å²) in [6.07, 6.45) is 4.56. The number of aromatic nitrogens is 1. The third-order valence-corrected chi connectivity index (χ3v) is 2.98. The van der Waals surface area contributed by atoms with Crippen LogP contribution in [0.1, 0.15) is 25.8 Å². The predicted octanol–water partition coefficient (Wildman–Crippen LogP) is 2.21. The first kappa shape index (κ1) is 12.0. The molecule has 0 saturated carbocycles. The Kier molecular flexibility index (Phi) is 4.09. The van der Waals surface area contributed by atoms with Gasteiger partial charge in [-0.1, -0.05) is 13.8 Å². The quantitative estimate of drug-likeness (QED) is 0.779. The Morgan fingerprint density at radius 2 is 2.27 bits per heavy atom. The Morgan fingerprint density at radius 1 is 1.53 bits per heavy atom. The van der Waals surface area contributed by atoms with Gasteiger partial charge < -0.3 is 10.4 Å². The van der Waals surface area contributed by atoms with Crippen LogP contribution in [0, 0.1) is 12.3 Å². The van der Waals surface area contributed by atoms with Crippen molar-refractivity contribution in [2.24, 2.45) is 5.41 Å². The SMILES string of the molecule is CCC(C)(CO)CNc1cnccc1C. The zero-order valence-corrected chi connectivity index (χ0v) is 9.75. The number of aliphatic hydroxyl groups excluding tert-OH is 1. The lowest BCUT2D eigenvalue weighted by molar-refractivity contribution is 0.149. The lowest BCUT2D eigenvalue weighted by Gasteiger charge is -2.26. The van der Waals surface area contributed by atoms with Crippen molar-refractivity contribution in [3.8, 4) is 0 Å². The number of nitrogens with one attached hydrogen (secondary N) is 1. The van der Waals surface area contributed by atoms with Gasteiger partial charge in [0, 0.05) is 18.2 Å². The first-order valence-corrected chi connectivity index (χ1v) is 5.36. The fourth-order valence-corrected chi connectivity index (χ4v) is 1.25. The Hall–Kier alpha value is -1.09. The monoisotopic (exact) mass is 208 g/mol. The van der Waals surface area contributed by atoms with Crippen LogP contribution in [-0.2, 0) is 0 Å². The third-order valence-electron chi connectivity index (χ3n) is 2.98. The molecule has 0 amide bonds. The molecular weight excluding hydrogens is 188 g/mol. The topological polar surface area (TPSA) is 45.1 Å². The Labute approximate surface area is 91.5 Å². The van der Waals surface area contributed by atoms with Crippen LogP contribution in [0.2, 0.25) is 0 Å². The van der Waals surface area contributed by atoms with Crippen molar-refractivity contribution in [1.29, 1.82) is 0 Å². The van der Waals surface area contributed by atoms with E-state index in [1.54, 1.807) is 6.20 Å². The molecule has 15 heavy (non-hydrogen) atoms. The molecule has 0 fully saturated rings. The second kappa shape index (κ2) is 5.12. The molecule has 1 unspecified atom stereocenters. The minimum absolute atomic E-state index is 0.0533. The molecule has 2 N–H and O–H groups in total. The van der Waals surface area contributed by atoms with Crippen molar-refractivity contribution in [1.82, 2.24) is 4.98 Å². The number of anilines is 1. The maximum atomic E-state index is 9.28. The molecule has 1 aromatic rings. The van der Waals surface area contributed by atoms with E-state index in [1.807, 2.05) is 19.2 Å². The van der Waals surface area contributed by atoms with Gasteiger partial charge >= 0.3 is 0 Å². The molecule has 0 aromatic carbocycles. The van der Waals surface area contributed by atoms with Crippen LogP contribution in [0.15, 0.2) is 18.5 Å². The molecule has 0 aliphatic rings. The zero-order chi connectivity index (χ0) is 11.3. The number of aliphatic hydroxyl groups is 1. The third kappa shape index (κ3) is 3.20. The molecule has 0 radical (unpaired) electrons. The highest BCUT2D eigenvalue weighted by atomic mass is 16.3. The summed E-state index contributed by atoms with van der Waals surface area (Å²) in [6.45, 7) is 7.19. The number of pyridine rings is 1. The molecule has 0 aliphatic carbocycles. The van der Waals surface area contributed by atoms with Crippen LogP contribution in [0.3, 0.4) is 0 Å². The second-order valence-electron chi connectivity index (χ2n) is 4.37. The van der Waals surface area contributed by atoms with Crippen LogP contribution in [-0.4, -0.2) is 23.2 Å². The van der Waals surface area contributed by atoms with E-state index in [-0.39, 0.29) is 12.0 Å². The minimum Gasteiger partial charge on any atom is -0.396 e. The number of aryl methyl sites for hydroxylation is 1.